The van der Waals surface area contributed by atoms with Gasteiger partial charge in [0.15, 0.2) is 0 Å². The monoisotopic (exact) mass is 194 g/mol. The molecule has 0 spiro atoms. The standard InChI is InChI=1S/C11H14O3/c1-7(2)6-8-4-3-5-9(12)10(8)11(13)14/h3-5,7,12H,6H2,1-2H3,(H,13,14). The first-order valence-electron chi connectivity index (χ1n) is 4.56. The summed E-state index contributed by atoms with van der Waals surface area (Å²) >= 11 is 0. The first-order chi connectivity index (χ1) is 6.52. The van der Waals surface area contributed by atoms with E-state index >= 15 is 0 Å². The van der Waals surface area contributed by atoms with Crippen LogP contribution in [-0.4, -0.2) is 16.2 Å². The van der Waals surface area contributed by atoms with Crippen LogP contribution in [0.4, 0.5) is 0 Å². The summed E-state index contributed by atoms with van der Waals surface area (Å²) < 4.78 is 0. The van der Waals surface area contributed by atoms with Crippen molar-refractivity contribution in [2.45, 2.75) is 20.3 Å². The molecule has 0 aliphatic rings. The van der Waals surface area contributed by atoms with Crippen molar-refractivity contribution in [1.82, 2.24) is 0 Å². The van der Waals surface area contributed by atoms with E-state index in [2.05, 4.69) is 0 Å². The molecule has 0 saturated carbocycles. The lowest BCUT2D eigenvalue weighted by Crippen LogP contribution is -2.05. The maximum absolute atomic E-state index is 10.9. The number of aromatic carboxylic acids is 1. The second kappa shape index (κ2) is 4.13. The maximum atomic E-state index is 10.9. The average molecular weight is 194 g/mol. The van der Waals surface area contributed by atoms with E-state index in [1.54, 1.807) is 12.1 Å². The molecule has 0 radical (unpaired) electrons. The summed E-state index contributed by atoms with van der Waals surface area (Å²) in [6.45, 7) is 4.02. The Balaban J connectivity index is 3.14. The molecule has 0 aromatic heterocycles. The molecule has 0 saturated heterocycles. The first-order valence-corrected chi connectivity index (χ1v) is 4.56. The number of carboxylic acids is 1. The zero-order valence-electron chi connectivity index (χ0n) is 8.32. The normalized spacial score (nSPS) is 10.5. The molecule has 2 N–H and O–H groups in total. The molecular formula is C11H14O3. The highest BCUT2D eigenvalue weighted by Crippen LogP contribution is 2.23. The fraction of sp³-hybridized carbons (Fsp3) is 0.364. The third kappa shape index (κ3) is 2.25. The van der Waals surface area contributed by atoms with Crippen LogP contribution in [0.2, 0.25) is 0 Å². The highest BCUT2D eigenvalue weighted by molar-refractivity contribution is 5.92. The predicted octanol–water partition coefficient (Wildman–Crippen LogP) is 2.29. The molecule has 0 bridgehead atoms. The highest BCUT2D eigenvalue weighted by atomic mass is 16.4. The molecule has 0 fully saturated rings. The quantitative estimate of drug-likeness (QED) is 0.776. The van der Waals surface area contributed by atoms with Gasteiger partial charge in [-0.25, -0.2) is 4.79 Å². The summed E-state index contributed by atoms with van der Waals surface area (Å²) in [7, 11) is 0. The van der Waals surface area contributed by atoms with Crippen molar-refractivity contribution in [1.29, 1.82) is 0 Å². The first kappa shape index (κ1) is 10.6. The van der Waals surface area contributed by atoms with Crippen LogP contribution in [0.25, 0.3) is 0 Å². The van der Waals surface area contributed by atoms with Gasteiger partial charge in [-0.15, -0.1) is 0 Å². The zero-order valence-corrected chi connectivity index (χ0v) is 8.32. The summed E-state index contributed by atoms with van der Waals surface area (Å²) in [5.74, 6) is -0.857. The molecule has 0 heterocycles. The lowest BCUT2D eigenvalue weighted by atomic mass is 9.97. The van der Waals surface area contributed by atoms with Crippen LogP contribution in [0, 0.1) is 5.92 Å². The molecule has 1 aromatic rings. The molecule has 3 nitrogen and oxygen atoms in total. The molecule has 0 aliphatic heterocycles. The molecular weight excluding hydrogens is 180 g/mol. The van der Waals surface area contributed by atoms with E-state index in [4.69, 9.17) is 5.11 Å². The Morgan fingerprint density at radius 1 is 1.43 bits per heavy atom. The van der Waals surface area contributed by atoms with Crippen LogP contribution in [0.1, 0.15) is 29.8 Å². The van der Waals surface area contributed by atoms with Crippen molar-refractivity contribution >= 4 is 5.97 Å². The van der Waals surface area contributed by atoms with E-state index in [-0.39, 0.29) is 11.3 Å². The SMILES string of the molecule is CC(C)Cc1cccc(O)c1C(=O)O. The smallest absolute Gasteiger partial charge is 0.339 e. The fourth-order valence-corrected chi connectivity index (χ4v) is 1.44. The summed E-state index contributed by atoms with van der Waals surface area (Å²) in [4.78, 5) is 10.9. The number of benzene rings is 1. The molecule has 76 valence electrons. The number of carbonyl (C=O) groups is 1. The number of carboxylic acid groups (broad SMARTS) is 1. The Labute approximate surface area is 83.0 Å². The Bertz CT molecular complexity index is 342. The van der Waals surface area contributed by atoms with E-state index in [1.165, 1.54) is 6.07 Å². The number of hydrogen-bond acceptors (Lipinski definition) is 2. The van der Waals surface area contributed by atoms with E-state index in [1.807, 2.05) is 13.8 Å². The second-order valence-electron chi connectivity index (χ2n) is 3.71. The molecule has 0 atom stereocenters. The summed E-state index contributed by atoms with van der Waals surface area (Å²) in [5, 5.41) is 18.3. The van der Waals surface area contributed by atoms with Gasteiger partial charge in [0.05, 0.1) is 0 Å². The molecule has 0 amide bonds. The van der Waals surface area contributed by atoms with Gasteiger partial charge >= 0.3 is 5.97 Å². The molecule has 14 heavy (non-hydrogen) atoms. The topological polar surface area (TPSA) is 57.5 Å². The number of aromatic hydroxyl groups is 1. The van der Waals surface area contributed by atoms with E-state index in [0.717, 1.165) is 0 Å². The third-order valence-electron chi connectivity index (χ3n) is 1.97. The largest absolute Gasteiger partial charge is 0.507 e. The fourth-order valence-electron chi connectivity index (χ4n) is 1.44. The molecule has 0 unspecified atom stereocenters. The van der Waals surface area contributed by atoms with Crippen molar-refractivity contribution in [3.8, 4) is 5.75 Å². The second-order valence-corrected chi connectivity index (χ2v) is 3.71. The van der Waals surface area contributed by atoms with Crippen LogP contribution in [0.15, 0.2) is 18.2 Å². The Morgan fingerprint density at radius 2 is 2.07 bits per heavy atom. The number of hydrogen-bond donors (Lipinski definition) is 2. The van der Waals surface area contributed by atoms with Crippen molar-refractivity contribution < 1.29 is 15.0 Å². The molecule has 0 aliphatic carbocycles. The summed E-state index contributed by atoms with van der Waals surface area (Å²) in [5.41, 5.74) is 0.716. The van der Waals surface area contributed by atoms with E-state index in [9.17, 15) is 9.90 Å². The van der Waals surface area contributed by atoms with Crippen molar-refractivity contribution in [2.75, 3.05) is 0 Å². The van der Waals surface area contributed by atoms with Gasteiger partial charge in [0.25, 0.3) is 0 Å². The molecule has 3 heteroatoms. The van der Waals surface area contributed by atoms with Gasteiger partial charge in [0.2, 0.25) is 0 Å². The minimum atomic E-state index is -1.07. The van der Waals surface area contributed by atoms with Crippen LogP contribution >= 0.6 is 0 Å². The van der Waals surface area contributed by atoms with E-state index in [0.29, 0.717) is 17.9 Å². The van der Waals surface area contributed by atoms with Crippen LogP contribution in [0.5, 0.6) is 5.75 Å². The van der Waals surface area contributed by atoms with Crippen molar-refractivity contribution in [3.63, 3.8) is 0 Å². The minimum absolute atomic E-state index is 0.0289. The van der Waals surface area contributed by atoms with Gasteiger partial charge in [-0.1, -0.05) is 26.0 Å². The average Bonchev–Trinajstić information content (AvgIpc) is 2.01. The van der Waals surface area contributed by atoms with Gasteiger partial charge in [-0.05, 0) is 24.0 Å². The third-order valence-corrected chi connectivity index (χ3v) is 1.97. The van der Waals surface area contributed by atoms with Gasteiger partial charge in [0, 0.05) is 0 Å². The van der Waals surface area contributed by atoms with Gasteiger partial charge < -0.3 is 10.2 Å². The lowest BCUT2D eigenvalue weighted by molar-refractivity contribution is 0.0692. The lowest BCUT2D eigenvalue weighted by Gasteiger charge is -2.09. The Hall–Kier alpha value is -1.51. The predicted molar refractivity (Wildman–Crippen MR) is 53.6 cm³/mol. The van der Waals surface area contributed by atoms with Gasteiger partial charge in [0.1, 0.15) is 11.3 Å². The maximum Gasteiger partial charge on any atom is 0.339 e. The number of rotatable bonds is 3. The summed E-state index contributed by atoms with van der Waals surface area (Å²) in [6, 6.07) is 4.80. The summed E-state index contributed by atoms with van der Waals surface area (Å²) in [6.07, 6.45) is 0.663. The van der Waals surface area contributed by atoms with Crippen LogP contribution in [0.3, 0.4) is 0 Å². The number of phenols is 1. The van der Waals surface area contributed by atoms with Crippen molar-refractivity contribution in [2.24, 2.45) is 5.92 Å². The molecule has 1 rings (SSSR count). The van der Waals surface area contributed by atoms with Crippen LogP contribution in [-0.2, 0) is 6.42 Å². The van der Waals surface area contributed by atoms with Crippen LogP contribution < -0.4 is 0 Å². The van der Waals surface area contributed by atoms with Gasteiger partial charge in [-0.2, -0.15) is 0 Å². The molecule has 1 aromatic carbocycles. The Morgan fingerprint density at radius 3 is 2.57 bits per heavy atom. The zero-order chi connectivity index (χ0) is 10.7. The highest BCUT2D eigenvalue weighted by Gasteiger charge is 2.15. The van der Waals surface area contributed by atoms with Crippen molar-refractivity contribution in [3.05, 3.63) is 29.3 Å². The van der Waals surface area contributed by atoms with Gasteiger partial charge in [-0.3, -0.25) is 0 Å². The Kier molecular flexibility index (Phi) is 3.12. The minimum Gasteiger partial charge on any atom is -0.507 e. The van der Waals surface area contributed by atoms with E-state index < -0.39 is 5.97 Å².